The molecule has 2 heterocycles. The van der Waals surface area contributed by atoms with E-state index in [1.165, 1.54) is 32.1 Å². The number of hydrogen-bond acceptors (Lipinski definition) is 4. The van der Waals surface area contributed by atoms with Crippen LogP contribution >= 0.6 is 0 Å². The van der Waals surface area contributed by atoms with Crippen molar-refractivity contribution in [2.75, 3.05) is 29.9 Å². The van der Waals surface area contributed by atoms with Crippen LogP contribution in [0.5, 0.6) is 0 Å². The molecule has 0 bridgehead atoms. The smallest absolute Gasteiger partial charge is 0.315 e. The van der Waals surface area contributed by atoms with Gasteiger partial charge in [0.15, 0.2) is 0 Å². The molecular weight excluding hydrogens is 330 g/mol. The number of carbonyl (C=O) groups excluding carboxylic acids is 2. The number of carbonyl (C=O) groups is 2. The van der Waals surface area contributed by atoms with Gasteiger partial charge in [-0.1, -0.05) is 19.3 Å². The predicted octanol–water partition coefficient (Wildman–Crippen LogP) is 2.64. The van der Waals surface area contributed by atoms with Crippen molar-refractivity contribution in [3.05, 3.63) is 18.3 Å². The van der Waals surface area contributed by atoms with Crippen molar-refractivity contribution in [3.8, 4) is 0 Å². The van der Waals surface area contributed by atoms with Gasteiger partial charge in [0, 0.05) is 32.1 Å². The first-order valence-electron chi connectivity index (χ1n) is 9.76. The molecule has 26 heavy (non-hydrogen) atoms. The first-order valence-corrected chi connectivity index (χ1v) is 9.76. The van der Waals surface area contributed by atoms with E-state index < -0.39 is 0 Å². The second-order valence-electron chi connectivity index (χ2n) is 7.13. The van der Waals surface area contributed by atoms with E-state index in [1.54, 1.807) is 6.20 Å². The third kappa shape index (κ3) is 5.61. The standard InChI is InChI=1S/C19H29N5O2/c25-18(10-11-20-19(26)23-15-6-2-1-3-7-15)22-16-8-9-17(21-14-16)24-12-4-5-13-24/h8-9,14-15H,1-7,10-13H2,(H,22,25)(H2,20,23,26). The lowest BCUT2D eigenvalue weighted by atomic mass is 9.96. The molecule has 0 atom stereocenters. The molecule has 0 aromatic carbocycles. The molecule has 1 aliphatic carbocycles. The van der Waals surface area contributed by atoms with E-state index in [4.69, 9.17) is 0 Å². The number of urea groups is 1. The molecule has 1 aliphatic heterocycles. The third-order valence-electron chi connectivity index (χ3n) is 5.04. The van der Waals surface area contributed by atoms with E-state index in [0.29, 0.717) is 12.2 Å². The molecule has 1 saturated carbocycles. The van der Waals surface area contributed by atoms with Crippen LogP contribution in [0.4, 0.5) is 16.3 Å². The van der Waals surface area contributed by atoms with Crippen LogP contribution in [0.3, 0.4) is 0 Å². The topological polar surface area (TPSA) is 86.4 Å². The minimum absolute atomic E-state index is 0.126. The van der Waals surface area contributed by atoms with Crippen molar-refractivity contribution < 1.29 is 9.59 Å². The van der Waals surface area contributed by atoms with Crippen molar-refractivity contribution in [1.82, 2.24) is 15.6 Å². The summed E-state index contributed by atoms with van der Waals surface area (Å²) >= 11 is 0. The number of pyridine rings is 1. The van der Waals surface area contributed by atoms with Gasteiger partial charge in [0.05, 0.1) is 11.9 Å². The van der Waals surface area contributed by atoms with Crippen LogP contribution in [0.2, 0.25) is 0 Å². The molecule has 1 aromatic heterocycles. The Balaban J connectivity index is 1.33. The van der Waals surface area contributed by atoms with Gasteiger partial charge in [0.1, 0.15) is 5.82 Å². The maximum atomic E-state index is 12.0. The molecule has 7 nitrogen and oxygen atoms in total. The third-order valence-corrected chi connectivity index (χ3v) is 5.04. The highest BCUT2D eigenvalue weighted by Gasteiger charge is 2.16. The quantitative estimate of drug-likeness (QED) is 0.729. The van der Waals surface area contributed by atoms with E-state index in [-0.39, 0.29) is 24.4 Å². The lowest BCUT2D eigenvalue weighted by molar-refractivity contribution is -0.116. The van der Waals surface area contributed by atoms with Crippen LogP contribution in [-0.2, 0) is 4.79 Å². The number of aromatic nitrogens is 1. The van der Waals surface area contributed by atoms with E-state index in [9.17, 15) is 9.59 Å². The Kier molecular flexibility index (Phi) is 6.68. The molecular formula is C19H29N5O2. The van der Waals surface area contributed by atoms with Crippen molar-refractivity contribution in [1.29, 1.82) is 0 Å². The minimum atomic E-state index is -0.179. The average Bonchev–Trinajstić information content (AvgIpc) is 3.18. The Hall–Kier alpha value is -2.31. The Bertz CT molecular complexity index is 592. The van der Waals surface area contributed by atoms with Crippen molar-refractivity contribution in [3.63, 3.8) is 0 Å². The van der Waals surface area contributed by atoms with Crippen LogP contribution in [-0.4, -0.2) is 42.6 Å². The molecule has 0 radical (unpaired) electrons. The fourth-order valence-corrected chi connectivity index (χ4v) is 3.59. The van der Waals surface area contributed by atoms with Gasteiger partial charge in [0.2, 0.25) is 5.91 Å². The zero-order chi connectivity index (χ0) is 18.2. The van der Waals surface area contributed by atoms with Gasteiger partial charge in [-0.3, -0.25) is 4.79 Å². The van der Waals surface area contributed by atoms with Gasteiger partial charge in [0.25, 0.3) is 0 Å². The van der Waals surface area contributed by atoms with Crippen LogP contribution in [0.25, 0.3) is 0 Å². The van der Waals surface area contributed by atoms with Gasteiger partial charge in [-0.15, -0.1) is 0 Å². The van der Waals surface area contributed by atoms with Gasteiger partial charge in [-0.2, -0.15) is 0 Å². The van der Waals surface area contributed by atoms with Crippen LogP contribution < -0.4 is 20.9 Å². The lowest BCUT2D eigenvalue weighted by Gasteiger charge is -2.22. The molecule has 0 unspecified atom stereocenters. The largest absolute Gasteiger partial charge is 0.357 e. The Morgan fingerprint density at radius 1 is 1.08 bits per heavy atom. The zero-order valence-electron chi connectivity index (χ0n) is 15.3. The SMILES string of the molecule is O=C(CCNC(=O)NC1CCCCC1)Nc1ccc(N2CCCC2)nc1. The second-order valence-corrected chi connectivity index (χ2v) is 7.13. The van der Waals surface area contributed by atoms with Gasteiger partial charge < -0.3 is 20.9 Å². The van der Waals surface area contributed by atoms with Crippen LogP contribution in [0.15, 0.2) is 18.3 Å². The average molecular weight is 359 g/mol. The van der Waals surface area contributed by atoms with Crippen molar-refractivity contribution >= 4 is 23.4 Å². The van der Waals surface area contributed by atoms with E-state index in [0.717, 1.165) is 31.7 Å². The molecule has 3 amide bonds. The molecule has 2 fully saturated rings. The fraction of sp³-hybridized carbons (Fsp3) is 0.632. The second kappa shape index (κ2) is 9.40. The van der Waals surface area contributed by atoms with Crippen LogP contribution in [0.1, 0.15) is 51.4 Å². The van der Waals surface area contributed by atoms with Gasteiger partial charge >= 0.3 is 6.03 Å². The molecule has 142 valence electrons. The molecule has 3 N–H and O–H groups in total. The molecule has 7 heteroatoms. The summed E-state index contributed by atoms with van der Waals surface area (Å²) in [5.74, 6) is 0.834. The van der Waals surface area contributed by atoms with Gasteiger partial charge in [-0.05, 0) is 37.8 Å². The summed E-state index contributed by atoms with van der Waals surface area (Å²) in [4.78, 5) is 30.5. The van der Waals surface area contributed by atoms with Crippen LogP contribution in [0, 0.1) is 0 Å². The van der Waals surface area contributed by atoms with Crippen molar-refractivity contribution in [2.24, 2.45) is 0 Å². The lowest BCUT2D eigenvalue weighted by Crippen LogP contribution is -2.43. The monoisotopic (exact) mass is 359 g/mol. The molecule has 2 aliphatic rings. The summed E-state index contributed by atoms with van der Waals surface area (Å²) in [6.07, 6.45) is 10.1. The number of nitrogens with one attached hydrogen (secondary N) is 3. The Morgan fingerprint density at radius 3 is 2.54 bits per heavy atom. The number of amides is 3. The number of nitrogens with zero attached hydrogens (tertiary/aromatic N) is 2. The van der Waals surface area contributed by atoms with Gasteiger partial charge in [-0.25, -0.2) is 9.78 Å². The summed E-state index contributed by atoms with van der Waals surface area (Å²) in [6.45, 7) is 2.42. The van der Waals surface area contributed by atoms with E-state index in [2.05, 4.69) is 25.8 Å². The highest BCUT2D eigenvalue weighted by molar-refractivity contribution is 5.91. The normalized spacial score (nSPS) is 17.8. The molecule has 1 saturated heterocycles. The first-order chi connectivity index (χ1) is 12.7. The minimum Gasteiger partial charge on any atom is -0.357 e. The molecule has 1 aromatic rings. The zero-order valence-corrected chi connectivity index (χ0v) is 15.3. The number of hydrogen-bond donors (Lipinski definition) is 3. The maximum Gasteiger partial charge on any atom is 0.315 e. The number of anilines is 2. The summed E-state index contributed by atoms with van der Waals surface area (Å²) < 4.78 is 0. The summed E-state index contributed by atoms with van der Waals surface area (Å²) in [5.41, 5.74) is 0.685. The predicted molar refractivity (Wildman–Crippen MR) is 102 cm³/mol. The maximum absolute atomic E-state index is 12.0. The highest BCUT2D eigenvalue weighted by atomic mass is 16.2. The van der Waals surface area contributed by atoms with E-state index in [1.807, 2.05) is 12.1 Å². The highest BCUT2D eigenvalue weighted by Crippen LogP contribution is 2.19. The number of rotatable bonds is 6. The Morgan fingerprint density at radius 2 is 1.85 bits per heavy atom. The molecule has 3 rings (SSSR count). The summed E-state index contributed by atoms with van der Waals surface area (Å²) in [6, 6.07) is 3.91. The summed E-state index contributed by atoms with van der Waals surface area (Å²) in [7, 11) is 0. The molecule has 0 spiro atoms. The Labute approximate surface area is 154 Å². The van der Waals surface area contributed by atoms with E-state index >= 15 is 0 Å². The fourth-order valence-electron chi connectivity index (χ4n) is 3.59. The first kappa shape index (κ1) is 18.5. The van der Waals surface area contributed by atoms with Crippen molar-refractivity contribution in [2.45, 2.75) is 57.4 Å². The summed E-state index contributed by atoms with van der Waals surface area (Å²) in [5, 5.41) is 8.56.